The van der Waals surface area contributed by atoms with E-state index in [-0.39, 0.29) is 12.6 Å². The van der Waals surface area contributed by atoms with Crippen molar-refractivity contribution in [3.8, 4) is 0 Å². The molecule has 0 spiro atoms. The molecule has 1 heterocycles. The molecule has 0 aromatic rings. The lowest BCUT2D eigenvalue weighted by atomic mass is 9.94. The van der Waals surface area contributed by atoms with Crippen molar-refractivity contribution in [2.24, 2.45) is 0 Å². The fourth-order valence-electron chi connectivity index (χ4n) is 1.73. The fraction of sp³-hybridized carbons (Fsp3) is 0.818. The van der Waals surface area contributed by atoms with Gasteiger partial charge in [0.15, 0.2) is 0 Å². The molecule has 3 N–H and O–H groups in total. The van der Waals surface area contributed by atoms with Crippen LogP contribution in [0.1, 0.15) is 25.7 Å². The minimum Gasteiger partial charge on any atom is -0.388 e. The highest BCUT2D eigenvalue weighted by molar-refractivity contribution is 6.35. The normalized spacial score (nSPS) is 22.9. The standard InChI is InChI=1S/C11H18N2O4/c14-9(10(15)13-8-1-2-8)12-7-11(16)3-5-17-6-4-11/h8,16H,1-7H2,(H,12,14)(H,13,15). The van der Waals surface area contributed by atoms with Crippen LogP contribution in [0.4, 0.5) is 0 Å². The second kappa shape index (κ2) is 5.01. The molecule has 6 nitrogen and oxygen atoms in total. The van der Waals surface area contributed by atoms with Crippen molar-refractivity contribution in [1.82, 2.24) is 10.6 Å². The smallest absolute Gasteiger partial charge is 0.309 e. The third-order valence-electron chi connectivity index (χ3n) is 3.12. The molecule has 6 heteroatoms. The van der Waals surface area contributed by atoms with E-state index in [4.69, 9.17) is 4.74 Å². The molecule has 0 aromatic carbocycles. The maximum absolute atomic E-state index is 11.4. The first-order chi connectivity index (χ1) is 8.09. The van der Waals surface area contributed by atoms with E-state index in [1.807, 2.05) is 0 Å². The van der Waals surface area contributed by atoms with Gasteiger partial charge in [0.25, 0.3) is 0 Å². The van der Waals surface area contributed by atoms with E-state index < -0.39 is 17.4 Å². The summed E-state index contributed by atoms with van der Waals surface area (Å²) in [6.45, 7) is 1.08. The summed E-state index contributed by atoms with van der Waals surface area (Å²) < 4.78 is 5.13. The molecule has 1 aliphatic heterocycles. The molecule has 2 amide bonds. The molecule has 1 saturated heterocycles. The average molecular weight is 242 g/mol. The van der Waals surface area contributed by atoms with E-state index >= 15 is 0 Å². The third-order valence-corrected chi connectivity index (χ3v) is 3.12. The highest BCUT2D eigenvalue weighted by atomic mass is 16.5. The molecule has 17 heavy (non-hydrogen) atoms. The van der Waals surface area contributed by atoms with E-state index in [1.54, 1.807) is 0 Å². The number of carbonyl (C=O) groups is 2. The van der Waals surface area contributed by atoms with Crippen molar-refractivity contribution in [3.63, 3.8) is 0 Å². The average Bonchev–Trinajstić information content (AvgIpc) is 3.11. The van der Waals surface area contributed by atoms with Crippen LogP contribution in [0.15, 0.2) is 0 Å². The number of rotatable bonds is 3. The Morgan fingerprint density at radius 1 is 1.24 bits per heavy atom. The van der Waals surface area contributed by atoms with Gasteiger partial charge in [0.1, 0.15) is 0 Å². The van der Waals surface area contributed by atoms with E-state index in [0.29, 0.717) is 26.1 Å². The second-order valence-electron chi connectivity index (χ2n) is 4.77. The van der Waals surface area contributed by atoms with E-state index in [9.17, 15) is 14.7 Å². The van der Waals surface area contributed by atoms with E-state index in [0.717, 1.165) is 12.8 Å². The summed E-state index contributed by atoms with van der Waals surface area (Å²) in [4.78, 5) is 22.8. The predicted molar refractivity (Wildman–Crippen MR) is 59.2 cm³/mol. The van der Waals surface area contributed by atoms with Gasteiger partial charge in [-0.25, -0.2) is 0 Å². The second-order valence-corrected chi connectivity index (χ2v) is 4.77. The highest BCUT2D eigenvalue weighted by Crippen LogP contribution is 2.19. The van der Waals surface area contributed by atoms with Crippen molar-refractivity contribution >= 4 is 11.8 Å². The van der Waals surface area contributed by atoms with Gasteiger partial charge in [-0.15, -0.1) is 0 Å². The molecule has 2 fully saturated rings. The zero-order valence-electron chi connectivity index (χ0n) is 9.70. The quantitative estimate of drug-likeness (QED) is 0.549. The maximum Gasteiger partial charge on any atom is 0.309 e. The molecular formula is C11H18N2O4. The molecule has 2 rings (SSSR count). The maximum atomic E-state index is 11.4. The summed E-state index contributed by atoms with van der Waals surface area (Å²) in [6.07, 6.45) is 2.86. The van der Waals surface area contributed by atoms with Gasteiger partial charge in [0.2, 0.25) is 0 Å². The van der Waals surface area contributed by atoms with Gasteiger partial charge in [-0.1, -0.05) is 0 Å². The predicted octanol–water partition coefficient (Wildman–Crippen LogP) is -1.08. The van der Waals surface area contributed by atoms with Crippen LogP contribution in [0.3, 0.4) is 0 Å². The molecule has 0 unspecified atom stereocenters. The Hall–Kier alpha value is -1.14. The molecule has 1 aliphatic carbocycles. The molecular weight excluding hydrogens is 224 g/mol. The van der Waals surface area contributed by atoms with Gasteiger partial charge in [0, 0.05) is 38.6 Å². The van der Waals surface area contributed by atoms with E-state index in [2.05, 4.69) is 10.6 Å². The van der Waals surface area contributed by atoms with Crippen molar-refractivity contribution in [3.05, 3.63) is 0 Å². The Bertz CT molecular complexity index is 309. The first-order valence-electron chi connectivity index (χ1n) is 5.98. The summed E-state index contributed by atoms with van der Waals surface area (Å²) in [7, 11) is 0. The van der Waals surface area contributed by atoms with Gasteiger partial charge in [-0.05, 0) is 12.8 Å². The highest BCUT2D eigenvalue weighted by Gasteiger charge is 2.32. The lowest BCUT2D eigenvalue weighted by Gasteiger charge is -2.31. The number of hydrogen-bond acceptors (Lipinski definition) is 4. The Morgan fingerprint density at radius 3 is 2.47 bits per heavy atom. The van der Waals surface area contributed by atoms with E-state index in [1.165, 1.54) is 0 Å². The number of hydrogen-bond donors (Lipinski definition) is 3. The summed E-state index contributed by atoms with van der Waals surface area (Å²) in [5, 5.41) is 15.1. The van der Waals surface area contributed by atoms with Crippen LogP contribution in [0.25, 0.3) is 0 Å². The first kappa shape index (κ1) is 12.3. The molecule has 0 bridgehead atoms. The lowest BCUT2D eigenvalue weighted by molar-refractivity contribution is -0.140. The Kier molecular flexibility index (Phi) is 3.63. The summed E-state index contributed by atoms with van der Waals surface area (Å²) in [5.74, 6) is -1.28. The number of amides is 2. The monoisotopic (exact) mass is 242 g/mol. The number of aliphatic hydroxyl groups is 1. The molecule has 2 aliphatic rings. The SMILES string of the molecule is O=C(NCC1(O)CCOCC1)C(=O)NC1CC1. The van der Waals surface area contributed by atoms with Gasteiger partial charge in [0.05, 0.1) is 5.60 Å². The van der Waals surface area contributed by atoms with Crippen LogP contribution in [0.5, 0.6) is 0 Å². The largest absolute Gasteiger partial charge is 0.388 e. The van der Waals surface area contributed by atoms with Crippen LogP contribution in [-0.4, -0.2) is 48.3 Å². The van der Waals surface area contributed by atoms with Gasteiger partial charge < -0.3 is 20.5 Å². The van der Waals surface area contributed by atoms with Crippen molar-refractivity contribution in [2.75, 3.05) is 19.8 Å². The molecule has 1 saturated carbocycles. The number of carbonyl (C=O) groups excluding carboxylic acids is 2. The lowest BCUT2D eigenvalue weighted by Crippen LogP contribution is -2.50. The molecule has 0 radical (unpaired) electrons. The van der Waals surface area contributed by atoms with Crippen LogP contribution < -0.4 is 10.6 Å². The van der Waals surface area contributed by atoms with Gasteiger partial charge in [-0.2, -0.15) is 0 Å². The first-order valence-corrected chi connectivity index (χ1v) is 5.98. The fourth-order valence-corrected chi connectivity index (χ4v) is 1.73. The van der Waals surface area contributed by atoms with Crippen molar-refractivity contribution < 1.29 is 19.4 Å². The molecule has 0 atom stereocenters. The molecule has 0 aromatic heterocycles. The van der Waals surface area contributed by atoms with Gasteiger partial charge >= 0.3 is 11.8 Å². The summed E-state index contributed by atoms with van der Waals surface area (Å²) in [5.41, 5.74) is -0.937. The Balaban J connectivity index is 1.72. The number of nitrogens with one attached hydrogen (secondary N) is 2. The zero-order valence-corrected chi connectivity index (χ0v) is 9.70. The summed E-state index contributed by atoms with van der Waals surface area (Å²) >= 11 is 0. The van der Waals surface area contributed by atoms with Crippen molar-refractivity contribution in [1.29, 1.82) is 0 Å². The third kappa shape index (κ3) is 3.67. The van der Waals surface area contributed by atoms with Crippen molar-refractivity contribution in [2.45, 2.75) is 37.3 Å². The van der Waals surface area contributed by atoms with Crippen LogP contribution >= 0.6 is 0 Å². The Labute approximate surface area is 99.7 Å². The number of ether oxygens (including phenoxy) is 1. The minimum atomic E-state index is -0.937. The van der Waals surface area contributed by atoms with Crippen LogP contribution in [-0.2, 0) is 14.3 Å². The topological polar surface area (TPSA) is 87.7 Å². The zero-order chi connectivity index (χ0) is 12.3. The minimum absolute atomic E-state index is 0.104. The van der Waals surface area contributed by atoms with Gasteiger partial charge in [-0.3, -0.25) is 9.59 Å². The summed E-state index contributed by atoms with van der Waals surface area (Å²) in [6, 6.07) is 0.166. The van der Waals surface area contributed by atoms with Crippen LogP contribution in [0, 0.1) is 0 Å². The van der Waals surface area contributed by atoms with Crippen LogP contribution in [0.2, 0.25) is 0 Å². The molecule has 96 valence electrons. The Morgan fingerprint density at radius 2 is 1.88 bits per heavy atom.